The Balaban J connectivity index is 1.89. The fourth-order valence-corrected chi connectivity index (χ4v) is 3.81. The molecule has 1 atom stereocenters. The highest BCUT2D eigenvalue weighted by atomic mass is 16.3. The molecule has 1 amide bonds. The van der Waals surface area contributed by atoms with Crippen LogP contribution < -0.4 is 5.32 Å². The lowest BCUT2D eigenvalue weighted by molar-refractivity contribution is -0.116. The van der Waals surface area contributed by atoms with Gasteiger partial charge in [0.15, 0.2) is 0 Å². The van der Waals surface area contributed by atoms with Gasteiger partial charge in [-0.2, -0.15) is 0 Å². The van der Waals surface area contributed by atoms with Gasteiger partial charge in [-0.3, -0.25) is 4.79 Å². The van der Waals surface area contributed by atoms with Crippen LogP contribution in [0.3, 0.4) is 0 Å². The summed E-state index contributed by atoms with van der Waals surface area (Å²) in [5.41, 5.74) is 6.96. The molecular formula is C29H29NO2. The van der Waals surface area contributed by atoms with Crippen molar-refractivity contribution in [2.45, 2.75) is 13.3 Å². The van der Waals surface area contributed by atoms with Crippen LogP contribution in [0, 0.1) is 12.8 Å². The summed E-state index contributed by atoms with van der Waals surface area (Å²) in [5, 5.41) is 12.4. The molecular weight excluding hydrogens is 394 g/mol. The molecule has 1 aliphatic carbocycles. The second-order valence-electron chi connectivity index (χ2n) is 7.81. The number of amides is 1. The summed E-state index contributed by atoms with van der Waals surface area (Å²) in [6.45, 7) is 9.88. The molecule has 2 aromatic rings. The molecule has 1 aliphatic rings. The van der Waals surface area contributed by atoms with Crippen LogP contribution in [-0.4, -0.2) is 18.1 Å². The van der Waals surface area contributed by atoms with Crippen LogP contribution in [0.4, 0.5) is 0 Å². The first kappa shape index (κ1) is 22.8. The first-order chi connectivity index (χ1) is 15.4. The van der Waals surface area contributed by atoms with Gasteiger partial charge in [0.2, 0.25) is 0 Å². The van der Waals surface area contributed by atoms with E-state index in [9.17, 15) is 9.90 Å². The molecule has 0 saturated carbocycles. The maximum atomic E-state index is 12.4. The lowest BCUT2D eigenvalue weighted by Gasteiger charge is -2.22. The third-order valence-electron chi connectivity index (χ3n) is 5.56. The van der Waals surface area contributed by atoms with Gasteiger partial charge >= 0.3 is 0 Å². The summed E-state index contributed by atoms with van der Waals surface area (Å²) in [6.07, 6.45) is 14.1. The minimum atomic E-state index is -0.105. The van der Waals surface area contributed by atoms with Gasteiger partial charge in [0.05, 0.1) is 0 Å². The molecule has 2 aromatic carbocycles. The Labute approximate surface area is 190 Å². The van der Waals surface area contributed by atoms with Crippen molar-refractivity contribution in [1.29, 1.82) is 0 Å². The Morgan fingerprint density at radius 1 is 1.09 bits per heavy atom. The van der Waals surface area contributed by atoms with E-state index < -0.39 is 0 Å². The van der Waals surface area contributed by atoms with Crippen molar-refractivity contribution < 1.29 is 9.90 Å². The van der Waals surface area contributed by atoms with Gasteiger partial charge in [0.25, 0.3) is 5.91 Å². The number of benzene rings is 2. The Morgan fingerprint density at radius 2 is 1.81 bits per heavy atom. The number of carbonyl (C=O) groups excluding carboxylic acids is 1. The summed E-state index contributed by atoms with van der Waals surface area (Å²) < 4.78 is 0. The average molecular weight is 424 g/mol. The topological polar surface area (TPSA) is 49.3 Å². The maximum absolute atomic E-state index is 12.4. The van der Waals surface area contributed by atoms with Crippen LogP contribution in [0.2, 0.25) is 0 Å². The van der Waals surface area contributed by atoms with Crippen molar-refractivity contribution in [3.63, 3.8) is 0 Å². The molecule has 3 heteroatoms. The highest BCUT2D eigenvalue weighted by molar-refractivity contribution is 5.99. The van der Waals surface area contributed by atoms with Crippen LogP contribution >= 0.6 is 0 Å². The summed E-state index contributed by atoms with van der Waals surface area (Å²) in [4.78, 5) is 12.4. The highest BCUT2D eigenvalue weighted by Crippen LogP contribution is 2.35. The second-order valence-corrected chi connectivity index (χ2v) is 7.81. The largest absolute Gasteiger partial charge is 0.508 e. The van der Waals surface area contributed by atoms with Crippen molar-refractivity contribution in [3.8, 4) is 16.9 Å². The number of carbonyl (C=O) groups is 1. The molecule has 0 radical (unpaired) electrons. The van der Waals surface area contributed by atoms with Crippen LogP contribution in [0.25, 0.3) is 16.7 Å². The Kier molecular flexibility index (Phi) is 7.45. The first-order valence-corrected chi connectivity index (χ1v) is 10.6. The molecule has 0 aliphatic heterocycles. The van der Waals surface area contributed by atoms with Gasteiger partial charge in [-0.05, 0) is 65.0 Å². The number of nitrogens with one attached hydrogen (secondary N) is 1. The Hall–Kier alpha value is -3.85. The molecule has 162 valence electrons. The van der Waals surface area contributed by atoms with Crippen molar-refractivity contribution in [2.75, 3.05) is 7.05 Å². The molecule has 3 nitrogen and oxygen atoms in total. The lowest BCUT2D eigenvalue weighted by Crippen LogP contribution is -2.22. The normalized spacial score (nSPS) is 16.0. The number of phenolic OH excluding ortho intramolecular Hbond substituents is 1. The Morgan fingerprint density at radius 3 is 2.47 bits per heavy atom. The van der Waals surface area contributed by atoms with Crippen molar-refractivity contribution >= 4 is 11.5 Å². The van der Waals surface area contributed by atoms with E-state index in [1.165, 1.54) is 0 Å². The predicted molar refractivity (Wildman–Crippen MR) is 134 cm³/mol. The van der Waals surface area contributed by atoms with E-state index in [4.69, 9.17) is 0 Å². The third-order valence-corrected chi connectivity index (χ3v) is 5.56. The van der Waals surface area contributed by atoms with E-state index in [2.05, 4.69) is 42.7 Å². The molecule has 0 bridgehead atoms. The summed E-state index contributed by atoms with van der Waals surface area (Å²) >= 11 is 0. The van der Waals surface area contributed by atoms with E-state index in [0.717, 1.165) is 39.8 Å². The van der Waals surface area contributed by atoms with Crippen LogP contribution in [0.5, 0.6) is 5.75 Å². The average Bonchev–Trinajstić information content (AvgIpc) is 2.81. The zero-order chi connectivity index (χ0) is 23.1. The lowest BCUT2D eigenvalue weighted by atomic mass is 9.82. The van der Waals surface area contributed by atoms with E-state index in [0.29, 0.717) is 5.57 Å². The van der Waals surface area contributed by atoms with Gasteiger partial charge in [0.1, 0.15) is 5.75 Å². The predicted octanol–water partition coefficient (Wildman–Crippen LogP) is 6.30. The van der Waals surface area contributed by atoms with Crippen molar-refractivity contribution in [2.24, 2.45) is 5.92 Å². The van der Waals surface area contributed by atoms with Crippen LogP contribution in [-0.2, 0) is 4.79 Å². The number of allylic oxidation sites excluding steroid dienone is 8. The first-order valence-electron chi connectivity index (χ1n) is 10.6. The summed E-state index contributed by atoms with van der Waals surface area (Å²) in [7, 11) is 1.64. The smallest absolute Gasteiger partial charge is 0.250 e. The number of aryl methyl sites for hydroxylation is 1. The number of hydrogen-bond acceptors (Lipinski definition) is 2. The molecule has 0 aromatic heterocycles. The van der Waals surface area contributed by atoms with Gasteiger partial charge < -0.3 is 10.4 Å². The van der Waals surface area contributed by atoms with E-state index in [1.54, 1.807) is 25.3 Å². The quantitative estimate of drug-likeness (QED) is 0.514. The molecule has 0 fully saturated rings. The van der Waals surface area contributed by atoms with Gasteiger partial charge in [0, 0.05) is 18.5 Å². The molecule has 0 heterocycles. The zero-order valence-electron chi connectivity index (χ0n) is 18.6. The van der Waals surface area contributed by atoms with Gasteiger partial charge in [-0.15, -0.1) is 0 Å². The van der Waals surface area contributed by atoms with Crippen molar-refractivity contribution in [3.05, 3.63) is 120 Å². The minimum Gasteiger partial charge on any atom is -0.508 e. The second kappa shape index (κ2) is 10.5. The summed E-state index contributed by atoms with van der Waals surface area (Å²) in [6, 6.07) is 13.7. The van der Waals surface area contributed by atoms with E-state index >= 15 is 0 Å². The zero-order valence-corrected chi connectivity index (χ0v) is 18.6. The number of likely N-dealkylation sites (N-methyl/N-ethyl adjacent to an activating group) is 1. The van der Waals surface area contributed by atoms with Gasteiger partial charge in [-0.25, -0.2) is 0 Å². The van der Waals surface area contributed by atoms with Crippen LogP contribution in [0.15, 0.2) is 109 Å². The van der Waals surface area contributed by atoms with E-state index in [-0.39, 0.29) is 17.6 Å². The van der Waals surface area contributed by atoms with Crippen LogP contribution in [0.1, 0.15) is 17.5 Å². The maximum Gasteiger partial charge on any atom is 0.250 e. The SMILES string of the molecule is C=CC=CC=CC(=C)C1C=C(C(=O)NC)C=C(c2ccc(-c3ccc(O)cc3C)cc2)C1. The molecule has 1 unspecified atom stereocenters. The van der Waals surface area contributed by atoms with E-state index in [1.807, 2.05) is 49.4 Å². The molecule has 0 saturated heterocycles. The molecule has 2 N–H and O–H groups in total. The van der Waals surface area contributed by atoms with Crippen molar-refractivity contribution in [1.82, 2.24) is 5.32 Å². The van der Waals surface area contributed by atoms with Gasteiger partial charge in [-0.1, -0.05) is 79.9 Å². The standard InChI is InChI=1S/C29H29NO2/c1-5-6-7-8-9-20(2)24-17-25(19-26(18-24)29(32)30-4)22-10-12-23(13-11-22)28-15-14-27(31)16-21(28)3/h5-16,18-19,24,31H,1-2,17H2,3-4H3,(H,30,32). The number of hydrogen-bond donors (Lipinski definition) is 2. The fourth-order valence-electron chi connectivity index (χ4n) is 3.81. The minimum absolute atomic E-state index is 0.0368. The number of phenols is 1. The molecule has 32 heavy (non-hydrogen) atoms. The number of rotatable bonds is 7. The fraction of sp³-hybridized carbons (Fsp3) is 0.138. The Bertz CT molecular complexity index is 1140. The highest BCUT2D eigenvalue weighted by Gasteiger charge is 2.21. The molecule has 3 rings (SSSR count). The molecule has 0 spiro atoms. The monoisotopic (exact) mass is 423 g/mol. The summed E-state index contributed by atoms with van der Waals surface area (Å²) in [5.74, 6) is 0.200. The number of aromatic hydroxyl groups is 1. The third kappa shape index (κ3) is 5.44.